The fourth-order valence-electron chi connectivity index (χ4n) is 7.68. The van der Waals surface area contributed by atoms with Gasteiger partial charge in [-0.2, -0.15) is 0 Å². The summed E-state index contributed by atoms with van der Waals surface area (Å²) in [6.07, 6.45) is 15.0. The monoisotopic (exact) mass is 450 g/mol. The predicted octanol–water partition coefficient (Wildman–Crippen LogP) is 4.41. The molecule has 2 amide bonds. The van der Waals surface area contributed by atoms with Crippen molar-refractivity contribution >= 4 is 27.7 Å². The summed E-state index contributed by atoms with van der Waals surface area (Å²) in [4.78, 5) is 28.7. The van der Waals surface area contributed by atoms with Crippen LogP contribution in [-0.4, -0.2) is 40.2 Å². The topological polar surface area (TPSA) is 49.4 Å². The Bertz CT molecular complexity index is 631. The van der Waals surface area contributed by atoms with Gasteiger partial charge in [0.1, 0.15) is 0 Å². The molecule has 3 unspecified atom stereocenters. The fourth-order valence-corrected chi connectivity index (χ4v) is 9.13. The molecule has 3 atom stereocenters. The largest absolute Gasteiger partial charge is 0.353 e. The number of likely N-dealkylation sites (tertiary alicyclic amines) is 1. The second-order valence-electron chi connectivity index (χ2n) is 10.8. The number of hydrogen-bond acceptors (Lipinski definition) is 2. The number of piperidine rings is 1. The van der Waals surface area contributed by atoms with Crippen molar-refractivity contribution in [2.45, 2.75) is 93.8 Å². The van der Waals surface area contributed by atoms with Crippen LogP contribution in [0.3, 0.4) is 0 Å². The van der Waals surface area contributed by atoms with Gasteiger partial charge >= 0.3 is 0 Å². The molecule has 5 aliphatic carbocycles. The number of nitrogens with zero attached hydrogens (tertiary/aromatic N) is 1. The van der Waals surface area contributed by atoms with E-state index in [2.05, 4.69) is 26.1 Å². The maximum absolute atomic E-state index is 13.7. The lowest BCUT2D eigenvalue weighted by Crippen LogP contribution is -2.60. The number of carbonyl (C=O) groups is 2. The highest BCUT2D eigenvalue weighted by Gasteiger charge is 2.60. The van der Waals surface area contributed by atoms with Crippen LogP contribution >= 0.6 is 15.9 Å². The Morgan fingerprint density at radius 3 is 2.32 bits per heavy atom. The van der Waals surface area contributed by atoms with E-state index in [1.54, 1.807) is 0 Å². The van der Waals surface area contributed by atoms with Gasteiger partial charge in [0.2, 0.25) is 11.8 Å². The molecule has 4 nitrogen and oxygen atoms in total. The molecule has 0 aromatic rings. The average Bonchev–Trinajstić information content (AvgIpc) is 2.66. The fraction of sp³-hybridized carbons (Fsp3) is 0.913. The quantitative estimate of drug-likeness (QED) is 0.647. The summed E-state index contributed by atoms with van der Waals surface area (Å²) in [5.41, 5.74) is -0.144. The number of carbonyl (C=O) groups excluding carboxylic acids is 2. The van der Waals surface area contributed by atoms with Crippen molar-refractivity contribution in [3.63, 3.8) is 0 Å². The van der Waals surface area contributed by atoms with Gasteiger partial charge in [-0.1, -0.05) is 35.2 Å². The Kier molecular flexibility index (Phi) is 5.04. The third-order valence-electron chi connectivity index (χ3n) is 8.47. The molecular weight excluding hydrogens is 416 g/mol. The van der Waals surface area contributed by atoms with E-state index in [-0.39, 0.29) is 21.6 Å². The minimum Gasteiger partial charge on any atom is -0.353 e. The standard InChI is InChI=1S/C23H35BrN2O2/c24-23-12-16-9-17(13-23)11-22(10-16,15-23)21(28)26-8-4-5-18(14-26)20(27)25-19-6-2-1-3-7-19/h16-19H,1-15H2,(H,25,27). The van der Waals surface area contributed by atoms with E-state index in [9.17, 15) is 9.59 Å². The van der Waals surface area contributed by atoms with Gasteiger partial charge in [-0.3, -0.25) is 9.59 Å². The van der Waals surface area contributed by atoms with E-state index >= 15 is 0 Å². The first-order valence-corrected chi connectivity index (χ1v) is 12.5. The van der Waals surface area contributed by atoms with E-state index < -0.39 is 0 Å². The number of nitrogens with one attached hydrogen (secondary N) is 1. The normalized spacial score (nSPS) is 43.2. The maximum Gasteiger partial charge on any atom is 0.228 e. The Morgan fingerprint density at radius 2 is 1.64 bits per heavy atom. The summed E-state index contributed by atoms with van der Waals surface area (Å²) in [5.74, 6) is 2.01. The number of halogens is 1. The van der Waals surface area contributed by atoms with E-state index in [1.807, 2.05) is 0 Å². The van der Waals surface area contributed by atoms with Crippen molar-refractivity contribution in [2.24, 2.45) is 23.2 Å². The predicted molar refractivity (Wildman–Crippen MR) is 113 cm³/mol. The zero-order valence-corrected chi connectivity index (χ0v) is 18.6. The van der Waals surface area contributed by atoms with Crippen molar-refractivity contribution in [2.75, 3.05) is 13.1 Å². The highest BCUT2D eigenvalue weighted by atomic mass is 79.9. The van der Waals surface area contributed by atoms with Crippen LogP contribution in [0.25, 0.3) is 0 Å². The van der Waals surface area contributed by atoms with Gasteiger partial charge in [0.05, 0.1) is 11.3 Å². The highest BCUT2D eigenvalue weighted by molar-refractivity contribution is 9.10. The van der Waals surface area contributed by atoms with Gasteiger partial charge in [0.25, 0.3) is 0 Å². The minimum atomic E-state index is -0.144. The molecule has 1 N–H and O–H groups in total. The van der Waals surface area contributed by atoms with Gasteiger partial charge < -0.3 is 10.2 Å². The van der Waals surface area contributed by atoms with E-state index in [0.717, 1.165) is 63.3 Å². The van der Waals surface area contributed by atoms with Gasteiger partial charge in [0, 0.05) is 23.5 Å². The number of rotatable bonds is 3. The number of alkyl halides is 1. The molecule has 28 heavy (non-hydrogen) atoms. The molecule has 0 spiro atoms. The Morgan fingerprint density at radius 1 is 0.929 bits per heavy atom. The molecule has 1 heterocycles. The first-order chi connectivity index (χ1) is 13.4. The van der Waals surface area contributed by atoms with Crippen molar-refractivity contribution in [3.8, 4) is 0 Å². The van der Waals surface area contributed by atoms with Crippen LogP contribution in [0.4, 0.5) is 0 Å². The lowest BCUT2D eigenvalue weighted by atomic mass is 9.49. The molecule has 5 saturated carbocycles. The molecule has 5 heteroatoms. The molecule has 6 fully saturated rings. The van der Waals surface area contributed by atoms with Gasteiger partial charge in [-0.15, -0.1) is 0 Å². The Balaban J connectivity index is 1.25. The summed E-state index contributed by atoms with van der Waals surface area (Å²) in [6, 6.07) is 0.365. The first-order valence-electron chi connectivity index (χ1n) is 11.7. The Hall–Kier alpha value is -0.580. The molecular formula is C23H35BrN2O2. The zero-order chi connectivity index (χ0) is 19.4. The van der Waals surface area contributed by atoms with Crippen LogP contribution in [0.1, 0.15) is 83.5 Å². The summed E-state index contributed by atoms with van der Waals surface area (Å²) >= 11 is 4.04. The van der Waals surface area contributed by atoms with Crippen molar-refractivity contribution < 1.29 is 9.59 Å². The molecule has 1 aliphatic heterocycles. The summed E-state index contributed by atoms with van der Waals surface area (Å²) in [7, 11) is 0. The number of hydrogen-bond donors (Lipinski definition) is 1. The van der Waals surface area contributed by atoms with Gasteiger partial charge in [0.15, 0.2) is 0 Å². The summed E-state index contributed by atoms with van der Waals surface area (Å²) < 4.78 is 0.209. The van der Waals surface area contributed by atoms with Crippen LogP contribution in [-0.2, 0) is 9.59 Å². The smallest absolute Gasteiger partial charge is 0.228 e. The van der Waals surface area contributed by atoms with Gasteiger partial charge in [-0.25, -0.2) is 0 Å². The third-order valence-corrected chi connectivity index (χ3v) is 9.40. The van der Waals surface area contributed by atoms with E-state index in [0.29, 0.717) is 18.5 Å². The van der Waals surface area contributed by atoms with Crippen molar-refractivity contribution in [1.82, 2.24) is 10.2 Å². The molecule has 6 aliphatic rings. The average molecular weight is 451 g/mol. The zero-order valence-electron chi connectivity index (χ0n) is 17.1. The first kappa shape index (κ1) is 19.4. The summed E-state index contributed by atoms with van der Waals surface area (Å²) in [5, 5.41) is 3.31. The molecule has 156 valence electrons. The van der Waals surface area contributed by atoms with Gasteiger partial charge in [-0.05, 0) is 76.0 Å². The number of amides is 2. The summed E-state index contributed by atoms with van der Waals surface area (Å²) in [6.45, 7) is 1.49. The lowest BCUT2D eigenvalue weighted by Gasteiger charge is -2.60. The van der Waals surface area contributed by atoms with Crippen LogP contribution < -0.4 is 5.32 Å². The Labute approximate surface area is 177 Å². The molecule has 0 aromatic carbocycles. The second-order valence-corrected chi connectivity index (χ2v) is 12.5. The maximum atomic E-state index is 13.7. The minimum absolute atomic E-state index is 0.00790. The molecule has 1 saturated heterocycles. The van der Waals surface area contributed by atoms with E-state index in [1.165, 1.54) is 38.5 Å². The molecule has 0 radical (unpaired) electrons. The van der Waals surface area contributed by atoms with Crippen LogP contribution in [0.5, 0.6) is 0 Å². The van der Waals surface area contributed by atoms with E-state index in [4.69, 9.17) is 0 Å². The second kappa shape index (κ2) is 7.28. The third kappa shape index (κ3) is 3.54. The molecule has 4 bridgehead atoms. The highest BCUT2D eigenvalue weighted by Crippen LogP contribution is 2.64. The van der Waals surface area contributed by atoms with Crippen molar-refractivity contribution in [3.05, 3.63) is 0 Å². The SMILES string of the molecule is O=C(NC1CCCCC1)C1CCCN(C(=O)C23CC4CC(CC(Br)(C4)C2)C3)C1. The van der Waals surface area contributed by atoms with Crippen LogP contribution in [0, 0.1) is 23.2 Å². The van der Waals surface area contributed by atoms with Crippen molar-refractivity contribution in [1.29, 1.82) is 0 Å². The molecule has 0 aromatic heterocycles. The van der Waals surface area contributed by atoms with Crippen LogP contribution in [0.2, 0.25) is 0 Å². The van der Waals surface area contributed by atoms with Crippen LogP contribution in [0.15, 0.2) is 0 Å². The molecule has 6 rings (SSSR count). The lowest BCUT2D eigenvalue weighted by molar-refractivity contribution is -0.158.